The molecule has 5 aromatic rings. The van der Waals surface area contributed by atoms with Crippen molar-refractivity contribution in [2.45, 2.75) is 10.9 Å². The van der Waals surface area contributed by atoms with Gasteiger partial charge in [-0.2, -0.15) is 0 Å². The Kier molecular flexibility index (Phi) is 6.15. The van der Waals surface area contributed by atoms with Gasteiger partial charge in [0.25, 0.3) is 0 Å². The van der Waals surface area contributed by atoms with Crippen molar-refractivity contribution in [3.63, 3.8) is 0 Å². The third kappa shape index (κ3) is 4.45. The molecule has 0 aliphatic carbocycles. The first-order valence-corrected chi connectivity index (χ1v) is 11.7. The Bertz CT molecular complexity index is 1560. The van der Waals surface area contributed by atoms with Crippen LogP contribution in [0.5, 0.6) is 17.2 Å². The van der Waals surface area contributed by atoms with Gasteiger partial charge >= 0.3 is 5.63 Å². The number of methoxy groups -OCH3 is 2. The lowest BCUT2D eigenvalue weighted by Crippen LogP contribution is -2.02. The van der Waals surface area contributed by atoms with Gasteiger partial charge in [0.2, 0.25) is 0 Å². The fourth-order valence-corrected chi connectivity index (χ4v) is 4.75. The van der Waals surface area contributed by atoms with Crippen molar-refractivity contribution in [3.8, 4) is 34.3 Å². The molecule has 0 unspecified atom stereocenters. The molecule has 35 heavy (non-hydrogen) atoms. The van der Waals surface area contributed by atoms with Crippen LogP contribution in [0.15, 0.2) is 87.2 Å². The minimum atomic E-state index is -0.481. The van der Waals surface area contributed by atoms with Gasteiger partial charge in [-0.25, -0.2) is 4.79 Å². The highest BCUT2D eigenvalue weighted by Gasteiger charge is 2.20. The van der Waals surface area contributed by atoms with Crippen LogP contribution < -0.4 is 15.1 Å². The van der Waals surface area contributed by atoms with E-state index in [9.17, 15) is 9.90 Å². The second-order valence-electron chi connectivity index (χ2n) is 7.60. The van der Waals surface area contributed by atoms with E-state index in [1.54, 1.807) is 26.4 Å². The zero-order valence-electron chi connectivity index (χ0n) is 19.0. The molecule has 0 atom stereocenters. The van der Waals surface area contributed by atoms with Gasteiger partial charge in [-0.3, -0.25) is 4.57 Å². The second-order valence-corrected chi connectivity index (χ2v) is 8.54. The van der Waals surface area contributed by atoms with Crippen LogP contribution in [-0.4, -0.2) is 34.1 Å². The van der Waals surface area contributed by atoms with Gasteiger partial charge in [-0.15, -0.1) is 10.2 Å². The van der Waals surface area contributed by atoms with Crippen LogP contribution in [0.25, 0.3) is 28.0 Å². The number of aromatic hydroxyl groups is 1. The Morgan fingerprint density at radius 2 is 1.77 bits per heavy atom. The third-order valence-corrected chi connectivity index (χ3v) is 6.46. The van der Waals surface area contributed by atoms with Gasteiger partial charge in [-0.05, 0) is 54.1 Å². The van der Waals surface area contributed by atoms with Crippen LogP contribution in [0.3, 0.4) is 0 Å². The predicted molar refractivity (Wildman–Crippen MR) is 134 cm³/mol. The molecule has 0 radical (unpaired) electrons. The number of rotatable bonds is 7. The number of ether oxygens (including phenoxy) is 2. The van der Waals surface area contributed by atoms with E-state index in [0.29, 0.717) is 28.1 Å². The van der Waals surface area contributed by atoms with Crippen molar-refractivity contribution in [2.75, 3.05) is 14.2 Å². The van der Waals surface area contributed by atoms with Crippen molar-refractivity contribution < 1.29 is 19.0 Å². The van der Waals surface area contributed by atoms with Gasteiger partial charge in [-0.1, -0.05) is 23.9 Å². The SMILES string of the molecule is COc1ccc(-n2c(SCc3cc(=O)oc4cc(O)ccc34)nnc2-c2ccccc2OC)cc1. The first-order chi connectivity index (χ1) is 17.1. The maximum Gasteiger partial charge on any atom is 0.336 e. The topological polar surface area (TPSA) is 99.6 Å². The summed E-state index contributed by atoms with van der Waals surface area (Å²) in [4.78, 5) is 12.1. The average Bonchev–Trinajstić information content (AvgIpc) is 3.30. The van der Waals surface area contributed by atoms with Crippen molar-refractivity contribution in [1.29, 1.82) is 0 Å². The second kappa shape index (κ2) is 9.55. The molecule has 0 aliphatic heterocycles. The van der Waals surface area contributed by atoms with E-state index in [1.165, 1.54) is 23.9 Å². The summed E-state index contributed by atoms with van der Waals surface area (Å²) in [6, 6.07) is 21.4. The summed E-state index contributed by atoms with van der Waals surface area (Å²) < 4.78 is 18.1. The van der Waals surface area contributed by atoms with Gasteiger partial charge in [0.15, 0.2) is 11.0 Å². The number of para-hydroxylation sites is 1. The van der Waals surface area contributed by atoms with Crippen molar-refractivity contribution in [2.24, 2.45) is 0 Å². The first kappa shape index (κ1) is 22.5. The van der Waals surface area contributed by atoms with Gasteiger partial charge in [0.1, 0.15) is 22.8 Å². The Labute approximate surface area is 204 Å². The van der Waals surface area contributed by atoms with E-state index >= 15 is 0 Å². The summed E-state index contributed by atoms with van der Waals surface area (Å²) in [6.45, 7) is 0. The molecule has 1 N–H and O–H groups in total. The number of phenolic OH excluding ortho intramolecular Hbond substituents is 1. The molecule has 2 aromatic heterocycles. The van der Waals surface area contributed by atoms with E-state index in [2.05, 4.69) is 10.2 Å². The lowest BCUT2D eigenvalue weighted by Gasteiger charge is -2.13. The summed E-state index contributed by atoms with van der Waals surface area (Å²) >= 11 is 1.44. The molecule has 0 amide bonds. The van der Waals surface area contributed by atoms with E-state index in [1.807, 2.05) is 53.1 Å². The predicted octanol–water partition coefficient (Wildman–Crippen LogP) is 5.06. The minimum Gasteiger partial charge on any atom is -0.508 e. The average molecular weight is 488 g/mol. The molecule has 0 spiro atoms. The van der Waals surface area contributed by atoms with Crippen molar-refractivity contribution >= 4 is 22.7 Å². The molecule has 0 saturated carbocycles. The monoisotopic (exact) mass is 487 g/mol. The van der Waals surface area contributed by atoms with Crippen LogP contribution in [0, 0.1) is 0 Å². The van der Waals surface area contributed by atoms with E-state index in [4.69, 9.17) is 13.9 Å². The largest absolute Gasteiger partial charge is 0.508 e. The summed E-state index contributed by atoms with van der Waals surface area (Å²) in [5.41, 5.74) is 2.27. The molecule has 5 rings (SSSR count). The molecule has 0 fully saturated rings. The lowest BCUT2D eigenvalue weighted by atomic mass is 10.1. The molecular weight excluding hydrogens is 466 g/mol. The highest BCUT2D eigenvalue weighted by molar-refractivity contribution is 7.98. The van der Waals surface area contributed by atoms with Gasteiger partial charge in [0, 0.05) is 23.3 Å². The molecule has 8 nitrogen and oxygen atoms in total. The molecule has 0 saturated heterocycles. The number of hydrogen-bond donors (Lipinski definition) is 1. The lowest BCUT2D eigenvalue weighted by molar-refractivity contribution is 0.414. The Morgan fingerprint density at radius 3 is 2.54 bits per heavy atom. The molecular formula is C26H21N3O5S. The van der Waals surface area contributed by atoms with Gasteiger partial charge < -0.3 is 19.0 Å². The van der Waals surface area contributed by atoms with Crippen LogP contribution in [-0.2, 0) is 5.75 Å². The summed E-state index contributed by atoms with van der Waals surface area (Å²) in [5.74, 6) is 2.51. The standard InChI is InChI=1S/C26H21N3O5S/c1-32-19-10-7-17(8-11-19)29-25(21-5-3-4-6-22(21)33-2)27-28-26(29)35-15-16-13-24(31)34-23-14-18(30)9-12-20(16)23/h3-14,30H,15H2,1-2H3. The Morgan fingerprint density at radius 1 is 0.971 bits per heavy atom. The van der Waals surface area contributed by atoms with Crippen LogP contribution in [0.1, 0.15) is 5.56 Å². The van der Waals surface area contributed by atoms with Crippen molar-refractivity contribution in [3.05, 3.63) is 88.8 Å². The minimum absolute atomic E-state index is 0.0335. The highest BCUT2D eigenvalue weighted by atomic mass is 32.2. The highest BCUT2D eigenvalue weighted by Crippen LogP contribution is 2.35. The smallest absolute Gasteiger partial charge is 0.336 e. The number of fused-ring (bicyclic) bond motifs is 1. The molecule has 9 heteroatoms. The molecule has 2 heterocycles. The Balaban J connectivity index is 1.59. The van der Waals surface area contributed by atoms with Crippen LogP contribution >= 0.6 is 11.8 Å². The molecule has 176 valence electrons. The fourth-order valence-electron chi connectivity index (χ4n) is 3.81. The maximum absolute atomic E-state index is 12.1. The zero-order chi connectivity index (χ0) is 24.4. The maximum atomic E-state index is 12.1. The Hall–Kier alpha value is -4.24. The van der Waals surface area contributed by atoms with E-state index < -0.39 is 5.63 Å². The van der Waals surface area contributed by atoms with Crippen LogP contribution in [0.4, 0.5) is 0 Å². The number of hydrogen-bond acceptors (Lipinski definition) is 8. The molecule has 0 aliphatic rings. The molecule has 0 bridgehead atoms. The number of benzene rings is 3. The van der Waals surface area contributed by atoms with Crippen molar-refractivity contribution in [1.82, 2.24) is 14.8 Å². The normalized spacial score (nSPS) is 11.0. The quantitative estimate of drug-likeness (QED) is 0.251. The fraction of sp³-hybridized carbons (Fsp3) is 0.115. The molecule has 3 aromatic carbocycles. The first-order valence-electron chi connectivity index (χ1n) is 10.7. The van der Waals surface area contributed by atoms with E-state index in [-0.39, 0.29) is 5.75 Å². The number of aromatic nitrogens is 3. The number of nitrogens with zero attached hydrogens (tertiary/aromatic N) is 3. The summed E-state index contributed by atoms with van der Waals surface area (Å²) in [5, 5.41) is 20.1. The number of thioether (sulfide) groups is 1. The number of phenols is 1. The zero-order valence-corrected chi connectivity index (χ0v) is 19.8. The van der Waals surface area contributed by atoms with Gasteiger partial charge in [0.05, 0.1) is 25.5 Å². The van der Waals surface area contributed by atoms with E-state index in [0.717, 1.165) is 28.0 Å². The summed E-state index contributed by atoms with van der Waals surface area (Å²) in [7, 11) is 3.24. The van der Waals surface area contributed by atoms with Crippen LogP contribution in [0.2, 0.25) is 0 Å². The summed E-state index contributed by atoms with van der Waals surface area (Å²) in [6.07, 6.45) is 0. The third-order valence-electron chi connectivity index (χ3n) is 5.48.